The second-order valence-electron chi connectivity index (χ2n) is 25.2. The van der Waals surface area contributed by atoms with Crippen LogP contribution in [0, 0.1) is 27.7 Å². The van der Waals surface area contributed by atoms with Gasteiger partial charge in [-0.25, -0.2) is 0 Å². The highest BCUT2D eigenvalue weighted by atomic mass is 14.2. The third kappa shape index (κ3) is 27.2. The van der Waals surface area contributed by atoms with Gasteiger partial charge in [-0.3, -0.25) is 0 Å². The van der Waals surface area contributed by atoms with Crippen molar-refractivity contribution in [2.45, 2.75) is 235 Å². The first-order valence-corrected chi connectivity index (χ1v) is 47.8. The van der Waals surface area contributed by atoms with Gasteiger partial charge in [0.05, 0.1) is 0 Å². The molecule has 0 unspecified atom stereocenters. The first kappa shape index (κ1) is 110. The van der Waals surface area contributed by atoms with E-state index in [0.717, 1.165) is 0 Å². The summed E-state index contributed by atoms with van der Waals surface area (Å²) in [4.78, 5) is 0. The summed E-state index contributed by atoms with van der Waals surface area (Å²) in [5.41, 5.74) is 12.9. The van der Waals surface area contributed by atoms with Crippen molar-refractivity contribution >= 4 is 129 Å². The van der Waals surface area contributed by atoms with Crippen LogP contribution in [0.4, 0.5) is 0 Å². The lowest BCUT2D eigenvalue weighted by Gasteiger charge is -2.14. The van der Waals surface area contributed by atoms with Crippen LogP contribution < -0.4 is 0 Å². The standard InChI is InChI=1S/3C25H18.C19H14.15C2H6/c1-17-8-6-9-18(16-17)19-14-7-15-24-22-11-3-2-10-20(22)21-12-4-5-13-23(21)25(19)24;1-17-8-2-3-9-19(17)18-14-15-24-22-12-5-4-10-20(22)21-11-6-7-13-23(21)25(24)16-18;1-17-10-12-18(13-11-17)19-14-15-24-22-8-3-2-6-20(22)21-7-4-5-9-23(21)25(24)16-19;1-13-10-11-18-16-8-3-2-6-14(16)15-7-4-5-9-17(15)19(18)12-13;15*1-2/h3*2-16H,1H3;2-12H,1H3;15*1-2H3. The summed E-state index contributed by atoms with van der Waals surface area (Å²) in [5, 5.41) is 32.0. The van der Waals surface area contributed by atoms with E-state index in [-0.39, 0.29) is 0 Å². The molecule has 0 aliphatic heterocycles. The molecule has 0 aromatic heterocycles. The Bertz CT molecular complexity index is 5990. The third-order valence-electron chi connectivity index (χ3n) is 19.3. The highest BCUT2D eigenvalue weighted by molar-refractivity contribution is 6.30. The summed E-state index contributed by atoms with van der Waals surface area (Å²) in [5.74, 6) is 0. The minimum Gasteiger partial charge on any atom is -0.0683 e. The molecule has 124 heavy (non-hydrogen) atoms. The zero-order chi connectivity index (χ0) is 93.2. The van der Waals surface area contributed by atoms with Crippen LogP contribution in [0.2, 0.25) is 0 Å². The van der Waals surface area contributed by atoms with E-state index in [0.29, 0.717) is 0 Å². The predicted molar refractivity (Wildman–Crippen MR) is 581 cm³/mol. The minimum atomic E-state index is 1.27. The first-order valence-electron chi connectivity index (χ1n) is 47.8. The molecule has 0 aliphatic carbocycles. The van der Waals surface area contributed by atoms with Gasteiger partial charge in [0.25, 0.3) is 0 Å². The second-order valence-corrected chi connectivity index (χ2v) is 25.2. The van der Waals surface area contributed by atoms with E-state index in [1.165, 1.54) is 185 Å². The van der Waals surface area contributed by atoms with Crippen molar-refractivity contribution in [2.24, 2.45) is 0 Å². The van der Waals surface area contributed by atoms with Gasteiger partial charge in [-0.05, 0) is 208 Å². The zero-order valence-electron chi connectivity index (χ0n) is 83.3. The minimum absolute atomic E-state index is 1.27. The van der Waals surface area contributed by atoms with Gasteiger partial charge in [-0.15, -0.1) is 0 Å². The molecule has 0 radical (unpaired) electrons. The topological polar surface area (TPSA) is 0 Å². The van der Waals surface area contributed by atoms with Crippen LogP contribution in [-0.4, -0.2) is 0 Å². The van der Waals surface area contributed by atoms with E-state index >= 15 is 0 Å². The summed E-state index contributed by atoms with van der Waals surface area (Å²) < 4.78 is 0. The molecular weight excluding hydrogens is 1490 g/mol. The molecule has 0 heterocycles. The van der Waals surface area contributed by atoms with Gasteiger partial charge in [0.15, 0.2) is 0 Å². The predicted octanol–water partition coefficient (Wildman–Crippen LogP) is 42.2. The molecule has 0 bridgehead atoms. The fraction of sp³-hybridized carbons (Fsp3) is 0.274. The lowest BCUT2D eigenvalue weighted by atomic mass is 9.89. The van der Waals surface area contributed by atoms with Crippen LogP contribution in [0.1, 0.15) is 230 Å². The van der Waals surface area contributed by atoms with Crippen molar-refractivity contribution in [2.75, 3.05) is 0 Å². The van der Waals surface area contributed by atoms with Crippen LogP contribution in [0.15, 0.2) is 340 Å². The first-order chi connectivity index (χ1) is 61.3. The smallest absolute Gasteiger partial charge is 0.00204 e. The van der Waals surface area contributed by atoms with Crippen molar-refractivity contribution in [3.05, 3.63) is 362 Å². The molecule has 0 atom stereocenters. The van der Waals surface area contributed by atoms with Gasteiger partial charge < -0.3 is 0 Å². The lowest BCUT2D eigenvalue weighted by molar-refractivity contribution is 1.46. The van der Waals surface area contributed by atoms with Crippen LogP contribution >= 0.6 is 0 Å². The largest absolute Gasteiger partial charge is 0.0683 e. The Kier molecular flexibility index (Phi) is 56.3. The van der Waals surface area contributed by atoms with Crippen LogP contribution in [-0.2, 0) is 0 Å². The quantitative estimate of drug-likeness (QED) is 0.155. The van der Waals surface area contributed by atoms with Gasteiger partial charge in [-0.1, -0.05) is 552 Å². The molecule has 0 saturated heterocycles. The Morgan fingerprint density at radius 2 is 0.315 bits per heavy atom. The van der Waals surface area contributed by atoms with Gasteiger partial charge in [-0.2, -0.15) is 0 Å². The zero-order valence-corrected chi connectivity index (χ0v) is 83.3. The van der Waals surface area contributed by atoms with Crippen LogP contribution in [0.25, 0.3) is 163 Å². The van der Waals surface area contributed by atoms with Gasteiger partial charge in [0, 0.05) is 0 Å². The third-order valence-corrected chi connectivity index (χ3v) is 19.3. The molecule has 19 rings (SSSR count). The Labute approximate surface area is 754 Å². The monoisotopic (exact) mass is 1650 g/mol. The molecular formula is C124H158. The Morgan fingerprint density at radius 1 is 0.113 bits per heavy atom. The highest BCUT2D eigenvalue weighted by Crippen LogP contribution is 2.43. The number of fused-ring (bicyclic) bond motifs is 24. The molecule has 0 fully saturated rings. The molecule has 654 valence electrons. The fourth-order valence-electron chi connectivity index (χ4n) is 14.8. The van der Waals surface area contributed by atoms with E-state index in [1.54, 1.807) is 0 Å². The molecule has 0 heteroatoms. The number of rotatable bonds is 3. The van der Waals surface area contributed by atoms with Crippen molar-refractivity contribution in [1.29, 1.82) is 0 Å². The van der Waals surface area contributed by atoms with Crippen molar-refractivity contribution in [3.63, 3.8) is 0 Å². The SMILES string of the molecule is CC.CC.CC.CC.CC.CC.CC.CC.CC.CC.CC.CC.CC.CC.CC.Cc1ccc(-c2ccc3c4ccccc4c4ccccc4c3c2)cc1.Cc1ccc2c3ccccc3c3ccccc3c2c1.Cc1cccc(-c2cccc3c4ccccc4c4ccccc4c23)c1.Cc1ccccc1-c1ccc2c3ccccc3c3ccccc3c2c1. The average Bonchev–Trinajstić information content (AvgIpc) is 0.736. The Balaban J connectivity index is 0.000000751. The summed E-state index contributed by atoms with van der Waals surface area (Å²) in [6.07, 6.45) is 0. The van der Waals surface area contributed by atoms with E-state index in [4.69, 9.17) is 0 Å². The normalized spacial score (nSPS) is 9.37. The molecule has 19 aromatic rings. The summed E-state index contributed by atoms with van der Waals surface area (Å²) >= 11 is 0. The maximum atomic E-state index is 2.35. The molecule has 0 spiro atoms. The van der Waals surface area contributed by atoms with Gasteiger partial charge in [0.2, 0.25) is 0 Å². The molecule has 0 saturated carbocycles. The van der Waals surface area contributed by atoms with Crippen molar-refractivity contribution in [3.8, 4) is 33.4 Å². The summed E-state index contributed by atoms with van der Waals surface area (Å²) in [6.45, 7) is 68.6. The number of aryl methyl sites for hydroxylation is 4. The fourth-order valence-corrected chi connectivity index (χ4v) is 14.8. The van der Waals surface area contributed by atoms with Gasteiger partial charge in [0.1, 0.15) is 0 Å². The number of benzene rings is 19. The number of hydrogen-bond acceptors (Lipinski definition) is 0. The molecule has 19 aromatic carbocycles. The second kappa shape index (κ2) is 63.3. The van der Waals surface area contributed by atoms with E-state index in [2.05, 4.69) is 367 Å². The maximum absolute atomic E-state index is 2.35. The molecule has 0 N–H and O–H groups in total. The van der Waals surface area contributed by atoms with Gasteiger partial charge >= 0.3 is 0 Å². The molecule has 0 aliphatic rings. The van der Waals surface area contributed by atoms with E-state index in [9.17, 15) is 0 Å². The molecule has 0 amide bonds. The number of hydrogen-bond donors (Lipinski definition) is 0. The van der Waals surface area contributed by atoms with Crippen LogP contribution in [0.5, 0.6) is 0 Å². The van der Waals surface area contributed by atoms with Crippen molar-refractivity contribution in [1.82, 2.24) is 0 Å². The van der Waals surface area contributed by atoms with Crippen molar-refractivity contribution < 1.29 is 0 Å². The van der Waals surface area contributed by atoms with E-state index in [1.807, 2.05) is 208 Å². The highest BCUT2D eigenvalue weighted by Gasteiger charge is 2.15. The van der Waals surface area contributed by atoms with Crippen LogP contribution in [0.3, 0.4) is 0 Å². The summed E-state index contributed by atoms with van der Waals surface area (Å²) in [7, 11) is 0. The average molecular weight is 1650 g/mol. The Hall–Kier alpha value is -11.7. The van der Waals surface area contributed by atoms with E-state index < -0.39 is 0 Å². The lowest BCUT2D eigenvalue weighted by Crippen LogP contribution is -1.87. The molecule has 0 nitrogen and oxygen atoms in total. The maximum Gasteiger partial charge on any atom is -0.00204 e. The summed E-state index contributed by atoms with van der Waals surface area (Å²) in [6, 6.07) is 123. The Morgan fingerprint density at radius 3 is 0.637 bits per heavy atom.